The van der Waals surface area contributed by atoms with Crippen molar-refractivity contribution < 1.29 is 19.1 Å². The van der Waals surface area contributed by atoms with Gasteiger partial charge < -0.3 is 14.3 Å². The molecule has 0 radical (unpaired) electrons. The number of ether oxygens (including phenoxy) is 1. The molecule has 0 atom stereocenters. The minimum atomic E-state index is -1.21. The number of carbonyl (C=O) groups is 1. The number of methoxy groups -OCH3 is 1. The maximum Gasteiger partial charge on any atom is 0.392 e. The van der Waals surface area contributed by atoms with Gasteiger partial charge >= 0.3 is 17.8 Å². The van der Waals surface area contributed by atoms with Crippen molar-refractivity contribution in [1.29, 1.82) is 0 Å². The van der Waals surface area contributed by atoms with E-state index < -0.39 is 5.97 Å². The number of carboxylic acids is 1. The van der Waals surface area contributed by atoms with Crippen LogP contribution in [0.1, 0.15) is 10.7 Å². The van der Waals surface area contributed by atoms with Crippen molar-refractivity contribution >= 4 is 5.97 Å². The van der Waals surface area contributed by atoms with E-state index >= 15 is 0 Å². The summed E-state index contributed by atoms with van der Waals surface area (Å²) in [7, 11) is 1.37. The molecule has 0 fully saturated rings. The molecule has 0 saturated carbocycles. The van der Waals surface area contributed by atoms with E-state index in [2.05, 4.69) is 14.1 Å². The Morgan fingerprint density at radius 1 is 1.90 bits per heavy atom. The second-order valence-electron chi connectivity index (χ2n) is 1.49. The van der Waals surface area contributed by atoms with Gasteiger partial charge in [0.2, 0.25) is 0 Å². The maximum atomic E-state index is 10.1. The minimum Gasteiger partial charge on any atom is -0.474 e. The Kier molecular flexibility index (Phi) is 1.57. The van der Waals surface area contributed by atoms with E-state index in [1.807, 2.05) is 0 Å². The Bertz CT molecular complexity index is 242. The zero-order chi connectivity index (χ0) is 7.56. The van der Waals surface area contributed by atoms with Crippen LogP contribution in [-0.4, -0.2) is 23.2 Å². The zero-order valence-electron chi connectivity index (χ0n) is 5.20. The lowest BCUT2D eigenvalue weighted by Crippen LogP contribution is -1.94. The smallest absolute Gasteiger partial charge is 0.392 e. The number of hydrogen-bond donors (Lipinski definition) is 1. The first-order valence-electron chi connectivity index (χ1n) is 2.47. The van der Waals surface area contributed by atoms with Crippen molar-refractivity contribution in [1.82, 2.24) is 4.98 Å². The van der Waals surface area contributed by atoms with Crippen LogP contribution in [0, 0.1) is 0 Å². The van der Waals surface area contributed by atoms with Crippen molar-refractivity contribution in [3.8, 4) is 5.95 Å². The van der Waals surface area contributed by atoms with Crippen LogP contribution in [0.3, 0.4) is 0 Å². The molecule has 10 heavy (non-hydrogen) atoms. The average molecular weight is 143 g/mol. The Morgan fingerprint density at radius 3 is 2.90 bits per heavy atom. The standard InChI is InChI=1S/C5H5NO4/c1-9-3-2-6-4(10-3)5(7)8/h2H,1H3,(H,7,8). The highest BCUT2D eigenvalue weighted by molar-refractivity contribution is 5.82. The fourth-order valence-electron chi connectivity index (χ4n) is 0.453. The molecule has 0 aromatic carbocycles. The average Bonchev–Trinajstić information content (AvgIpc) is 2.34. The van der Waals surface area contributed by atoms with Crippen LogP contribution in [0.25, 0.3) is 0 Å². The second kappa shape index (κ2) is 2.38. The van der Waals surface area contributed by atoms with Crippen LogP contribution in [0.2, 0.25) is 0 Å². The SMILES string of the molecule is COc1cnc(C(=O)O)o1. The maximum absolute atomic E-state index is 10.1. The van der Waals surface area contributed by atoms with Crippen molar-refractivity contribution in [3.63, 3.8) is 0 Å². The number of oxazole rings is 1. The lowest BCUT2D eigenvalue weighted by molar-refractivity contribution is 0.0647. The number of aromatic nitrogens is 1. The summed E-state index contributed by atoms with van der Waals surface area (Å²) < 4.78 is 9.11. The highest BCUT2D eigenvalue weighted by Crippen LogP contribution is 2.10. The first-order chi connectivity index (χ1) is 4.74. The van der Waals surface area contributed by atoms with Gasteiger partial charge in [-0.3, -0.25) is 0 Å². The summed E-state index contributed by atoms with van der Waals surface area (Å²) in [6, 6.07) is 0. The highest BCUT2D eigenvalue weighted by Gasteiger charge is 2.10. The molecule has 1 aromatic heterocycles. The van der Waals surface area contributed by atoms with Crippen molar-refractivity contribution in [2.24, 2.45) is 0 Å². The first kappa shape index (κ1) is 6.60. The van der Waals surface area contributed by atoms with Gasteiger partial charge in [0, 0.05) is 0 Å². The summed E-state index contributed by atoms with van der Waals surface area (Å²) in [5, 5.41) is 8.28. The van der Waals surface area contributed by atoms with E-state index in [9.17, 15) is 4.79 Å². The Morgan fingerprint density at radius 2 is 2.60 bits per heavy atom. The molecule has 1 rings (SSSR count). The Labute approximate surface area is 56.2 Å². The number of hydrogen-bond acceptors (Lipinski definition) is 4. The Balaban J connectivity index is 2.88. The van der Waals surface area contributed by atoms with Crippen LogP contribution >= 0.6 is 0 Å². The predicted molar refractivity (Wildman–Crippen MR) is 30.0 cm³/mol. The number of aromatic carboxylic acids is 1. The third-order valence-corrected chi connectivity index (χ3v) is 0.869. The molecule has 0 aliphatic heterocycles. The summed E-state index contributed by atoms with van der Waals surface area (Å²) in [6.07, 6.45) is 1.20. The third-order valence-electron chi connectivity index (χ3n) is 0.869. The minimum absolute atomic E-state index is 0.0948. The highest BCUT2D eigenvalue weighted by atomic mass is 16.6. The van der Waals surface area contributed by atoms with E-state index in [1.165, 1.54) is 13.3 Å². The van der Waals surface area contributed by atoms with Crippen molar-refractivity contribution in [3.05, 3.63) is 12.1 Å². The van der Waals surface area contributed by atoms with Crippen LogP contribution in [0.4, 0.5) is 0 Å². The normalized spacial score (nSPS) is 9.30. The van der Waals surface area contributed by atoms with Gasteiger partial charge in [-0.2, -0.15) is 0 Å². The molecular formula is C5H5NO4. The number of nitrogens with zero attached hydrogens (tertiary/aromatic N) is 1. The molecule has 1 heterocycles. The molecule has 0 unspecified atom stereocenters. The summed E-state index contributed by atoms with van der Waals surface area (Å²) in [5.41, 5.74) is 0. The quantitative estimate of drug-likeness (QED) is 0.647. The van der Waals surface area contributed by atoms with E-state index in [-0.39, 0.29) is 11.8 Å². The third kappa shape index (κ3) is 1.07. The molecule has 54 valence electrons. The van der Waals surface area contributed by atoms with E-state index in [1.54, 1.807) is 0 Å². The van der Waals surface area contributed by atoms with Gasteiger partial charge in [-0.25, -0.2) is 9.78 Å². The number of carboxylic acid groups (broad SMARTS) is 1. The van der Waals surface area contributed by atoms with Gasteiger partial charge in [-0.1, -0.05) is 0 Å². The molecule has 0 amide bonds. The van der Waals surface area contributed by atoms with Crippen LogP contribution in [0.15, 0.2) is 10.6 Å². The van der Waals surface area contributed by atoms with Crippen molar-refractivity contribution in [2.45, 2.75) is 0 Å². The van der Waals surface area contributed by atoms with Gasteiger partial charge in [0.15, 0.2) is 0 Å². The fourth-order valence-corrected chi connectivity index (χ4v) is 0.453. The molecule has 1 aromatic rings. The molecule has 0 bridgehead atoms. The lowest BCUT2D eigenvalue weighted by Gasteiger charge is -1.86. The summed E-state index contributed by atoms with van der Waals surface area (Å²) in [6.45, 7) is 0. The molecule has 1 N–H and O–H groups in total. The lowest BCUT2D eigenvalue weighted by atomic mass is 10.7. The van der Waals surface area contributed by atoms with Gasteiger partial charge in [-0.15, -0.1) is 0 Å². The van der Waals surface area contributed by atoms with Crippen LogP contribution < -0.4 is 4.74 Å². The van der Waals surface area contributed by atoms with E-state index in [4.69, 9.17) is 5.11 Å². The summed E-state index contributed by atoms with van der Waals surface area (Å²) in [4.78, 5) is 13.5. The monoisotopic (exact) mass is 143 g/mol. The van der Waals surface area contributed by atoms with E-state index in [0.29, 0.717) is 0 Å². The first-order valence-corrected chi connectivity index (χ1v) is 2.47. The largest absolute Gasteiger partial charge is 0.474 e. The molecule has 5 heteroatoms. The number of rotatable bonds is 2. The van der Waals surface area contributed by atoms with E-state index in [0.717, 1.165) is 0 Å². The predicted octanol–water partition coefficient (Wildman–Crippen LogP) is 0.381. The molecule has 0 aliphatic carbocycles. The van der Waals surface area contributed by atoms with Gasteiger partial charge in [0.1, 0.15) is 6.20 Å². The van der Waals surface area contributed by atoms with Crippen LogP contribution in [0.5, 0.6) is 5.95 Å². The molecule has 5 nitrogen and oxygen atoms in total. The van der Waals surface area contributed by atoms with Crippen LogP contribution in [-0.2, 0) is 0 Å². The molecule has 0 spiro atoms. The fraction of sp³-hybridized carbons (Fsp3) is 0.200. The summed E-state index contributed by atoms with van der Waals surface area (Å²) in [5.74, 6) is -1.47. The summed E-state index contributed by atoms with van der Waals surface area (Å²) >= 11 is 0. The van der Waals surface area contributed by atoms with Gasteiger partial charge in [-0.05, 0) is 0 Å². The van der Waals surface area contributed by atoms with Gasteiger partial charge in [0.05, 0.1) is 7.11 Å². The molecule has 0 saturated heterocycles. The second-order valence-corrected chi connectivity index (χ2v) is 1.49. The molecular weight excluding hydrogens is 138 g/mol. The Hall–Kier alpha value is -1.52. The zero-order valence-corrected chi connectivity index (χ0v) is 5.20. The topological polar surface area (TPSA) is 72.6 Å². The molecule has 0 aliphatic rings. The van der Waals surface area contributed by atoms with Gasteiger partial charge in [0.25, 0.3) is 0 Å². The van der Waals surface area contributed by atoms with Crippen molar-refractivity contribution in [2.75, 3.05) is 7.11 Å².